The van der Waals surface area contributed by atoms with Crippen LogP contribution in [0.5, 0.6) is 5.75 Å². The number of ether oxygens (including phenoxy) is 1. The summed E-state index contributed by atoms with van der Waals surface area (Å²) in [4.78, 5) is 25.5. The number of hydrogen-bond acceptors (Lipinski definition) is 4. The highest BCUT2D eigenvalue weighted by Crippen LogP contribution is 2.29. The van der Waals surface area contributed by atoms with E-state index in [1.165, 1.54) is 0 Å². The minimum atomic E-state index is -1.05. The van der Waals surface area contributed by atoms with Gasteiger partial charge in [0.05, 0.1) is 6.10 Å². The number of nitrogens with zero attached hydrogens (tertiary/aromatic N) is 1. The van der Waals surface area contributed by atoms with Gasteiger partial charge in [0.15, 0.2) is 0 Å². The molecule has 1 fully saturated rings. The van der Waals surface area contributed by atoms with Crippen molar-refractivity contribution in [2.75, 3.05) is 13.1 Å². The topological polar surface area (TPSA) is 84.7 Å². The molecular weight excluding hydrogens is 270 g/mol. The van der Waals surface area contributed by atoms with Gasteiger partial charge in [0.1, 0.15) is 11.3 Å². The molecule has 1 aromatic carbocycles. The second kappa shape index (κ2) is 5.73. The molecule has 1 aliphatic heterocycles. The van der Waals surface area contributed by atoms with E-state index in [0.717, 1.165) is 16.2 Å². The van der Waals surface area contributed by atoms with Crippen molar-refractivity contribution in [3.05, 3.63) is 29.8 Å². The molecule has 21 heavy (non-hydrogen) atoms. The van der Waals surface area contributed by atoms with E-state index in [1.807, 2.05) is 13.8 Å². The van der Waals surface area contributed by atoms with Gasteiger partial charge in [-0.25, -0.2) is 4.79 Å². The molecule has 3 N–H and O–H groups in total. The fourth-order valence-corrected chi connectivity index (χ4v) is 2.36. The molecule has 0 radical (unpaired) electrons. The van der Waals surface area contributed by atoms with E-state index < -0.39 is 11.6 Å². The standard InChI is InChI=1S/C15H21N3O3/c1-10(2)21-12-6-4-11(5-7-12)15(3)13(19)18(9-8-16)14(20)17-15/h4-7,10H,8-9,16H2,1-3H3,(H,17,20). The average Bonchev–Trinajstić information content (AvgIpc) is 2.64. The van der Waals surface area contributed by atoms with Gasteiger partial charge in [-0.1, -0.05) is 12.1 Å². The Bertz CT molecular complexity index is 542. The molecule has 3 amide bonds. The first-order chi connectivity index (χ1) is 9.88. The van der Waals surface area contributed by atoms with E-state index in [4.69, 9.17) is 10.5 Å². The van der Waals surface area contributed by atoms with Gasteiger partial charge in [0.25, 0.3) is 5.91 Å². The Labute approximate surface area is 124 Å². The number of carbonyl (C=O) groups excluding carboxylic acids is 2. The minimum Gasteiger partial charge on any atom is -0.491 e. The molecule has 1 unspecified atom stereocenters. The Morgan fingerprint density at radius 2 is 1.90 bits per heavy atom. The molecule has 6 nitrogen and oxygen atoms in total. The third-order valence-electron chi connectivity index (χ3n) is 3.43. The summed E-state index contributed by atoms with van der Waals surface area (Å²) < 4.78 is 5.57. The molecule has 0 aromatic heterocycles. The summed E-state index contributed by atoms with van der Waals surface area (Å²) in [5.41, 5.74) is 5.10. The molecule has 1 atom stereocenters. The summed E-state index contributed by atoms with van der Waals surface area (Å²) in [6.07, 6.45) is 0.0827. The number of urea groups is 1. The Kier molecular flexibility index (Phi) is 4.18. The molecule has 1 saturated heterocycles. The zero-order valence-corrected chi connectivity index (χ0v) is 12.6. The number of benzene rings is 1. The zero-order chi connectivity index (χ0) is 15.6. The minimum absolute atomic E-state index is 0.0827. The number of carbonyl (C=O) groups is 2. The second-order valence-electron chi connectivity index (χ2n) is 5.49. The van der Waals surface area contributed by atoms with Crippen molar-refractivity contribution in [1.82, 2.24) is 10.2 Å². The highest BCUT2D eigenvalue weighted by molar-refractivity contribution is 6.07. The van der Waals surface area contributed by atoms with Crippen LogP contribution in [0.4, 0.5) is 4.79 Å². The number of imide groups is 1. The monoisotopic (exact) mass is 291 g/mol. The van der Waals surface area contributed by atoms with Crippen molar-refractivity contribution in [1.29, 1.82) is 0 Å². The lowest BCUT2D eigenvalue weighted by atomic mass is 9.92. The van der Waals surface area contributed by atoms with Crippen LogP contribution in [0, 0.1) is 0 Å². The molecular formula is C15H21N3O3. The van der Waals surface area contributed by atoms with Crippen molar-refractivity contribution < 1.29 is 14.3 Å². The maximum absolute atomic E-state index is 12.4. The smallest absolute Gasteiger partial charge is 0.325 e. The molecule has 1 aliphatic rings. The average molecular weight is 291 g/mol. The lowest BCUT2D eigenvalue weighted by molar-refractivity contribution is -0.131. The maximum atomic E-state index is 12.4. The zero-order valence-electron chi connectivity index (χ0n) is 12.6. The largest absolute Gasteiger partial charge is 0.491 e. The number of amides is 3. The van der Waals surface area contributed by atoms with Gasteiger partial charge in [0, 0.05) is 13.1 Å². The summed E-state index contributed by atoms with van der Waals surface area (Å²) >= 11 is 0. The SMILES string of the molecule is CC(C)Oc1ccc(C2(C)NC(=O)N(CCN)C2=O)cc1. The third-order valence-corrected chi connectivity index (χ3v) is 3.43. The maximum Gasteiger partial charge on any atom is 0.325 e. The lowest BCUT2D eigenvalue weighted by Crippen LogP contribution is -2.41. The molecule has 0 aliphatic carbocycles. The van der Waals surface area contributed by atoms with Crippen molar-refractivity contribution in [2.45, 2.75) is 32.4 Å². The van der Waals surface area contributed by atoms with Crippen LogP contribution in [0.2, 0.25) is 0 Å². The first-order valence-corrected chi connectivity index (χ1v) is 7.00. The summed E-state index contributed by atoms with van der Waals surface area (Å²) in [6.45, 7) is 6.05. The molecule has 0 saturated carbocycles. The Balaban J connectivity index is 2.24. The Morgan fingerprint density at radius 1 is 1.29 bits per heavy atom. The van der Waals surface area contributed by atoms with Gasteiger partial charge in [-0.15, -0.1) is 0 Å². The predicted molar refractivity (Wildman–Crippen MR) is 78.9 cm³/mol. The van der Waals surface area contributed by atoms with Gasteiger partial charge in [0.2, 0.25) is 0 Å². The molecule has 2 rings (SSSR count). The third kappa shape index (κ3) is 2.85. The van der Waals surface area contributed by atoms with Crippen molar-refractivity contribution >= 4 is 11.9 Å². The first kappa shape index (κ1) is 15.3. The normalized spacial score (nSPS) is 21.9. The Hall–Kier alpha value is -2.08. The number of nitrogens with one attached hydrogen (secondary N) is 1. The van der Waals surface area contributed by atoms with Gasteiger partial charge in [-0.05, 0) is 38.5 Å². The van der Waals surface area contributed by atoms with Gasteiger partial charge in [-0.3, -0.25) is 9.69 Å². The van der Waals surface area contributed by atoms with E-state index in [9.17, 15) is 9.59 Å². The van der Waals surface area contributed by atoms with E-state index in [1.54, 1.807) is 31.2 Å². The van der Waals surface area contributed by atoms with E-state index in [2.05, 4.69) is 5.32 Å². The molecule has 6 heteroatoms. The molecule has 0 spiro atoms. The van der Waals surface area contributed by atoms with E-state index in [-0.39, 0.29) is 25.1 Å². The molecule has 0 bridgehead atoms. The van der Waals surface area contributed by atoms with Gasteiger partial charge in [-0.2, -0.15) is 0 Å². The van der Waals surface area contributed by atoms with Crippen LogP contribution in [0.1, 0.15) is 26.3 Å². The molecule has 1 heterocycles. The van der Waals surface area contributed by atoms with Crippen LogP contribution < -0.4 is 15.8 Å². The summed E-state index contributed by atoms with van der Waals surface area (Å²) in [5, 5.41) is 2.73. The van der Waals surface area contributed by atoms with E-state index in [0.29, 0.717) is 0 Å². The number of hydrogen-bond donors (Lipinski definition) is 2. The van der Waals surface area contributed by atoms with Crippen molar-refractivity contribution in [3.8, 4) is 5.75 Å². The van der Waals surface area contributed by atoms with Gasteiger partial charge >= 0.3 is 6.03 Å². The summed E-state index contributed by atoms with van der Waals surface area (Å²) in [7, 11) is 0. The fraction of sp³-hybridized carbons (Fsp3) is 0.467. The van der Waals surface area contributed by atoms with Crippen LogP contribution in [-0.2, 0) is 10.3 Å². The van der Waals surface area contributed by atoms with Gasteiger partial charge < -0.3 is 15.8 Å². The summed E-state index contributed by atoms with van der Waals surface area (Å²) in [6, 6.07) is 6.77. The number of rotatable bonds is 5. The first-order valence-electron chi connectivity index (χ1n) is 7.00. The number of nitrogens with two attached hydrogens (primary N) is 1. The van der Waals surface area contributed by atoms with Crippen LogP contribution in [0.25, 0.3) is 0 Å². The second-order valence-corrected chi connectivity index (χ2v) is 5.49. The quantitative estimate of drug-likeness (QED) is 0.798. The highest BCUT2D eigenvalue weighted by Gasteiger charge is 2.48. The van der Waals surface area contributed by atoms with Crippen LogP contribution in [-0.4, -0.2) is 36.0 Å². The lowest BCUT2D eigenvalue weighted by Gasteiger charge is -2.22. The van der Waals surface area contributed by atoms with Crippen LogP contribution >= 0.6 is 0 Å². The van der Waals surface area contributed by atoms with Crippen molar-refractivity contribution in [2.24, 2.45) is 5.73 Å². The van der Waals surface area contributed by atoms with Crippen LogP contribution in [0.15, 0.2) is 24.3 Å². The molecule has 114 valence electrons. The highest BCUT2D eigenvalue weighted by atomic mass is 16.5. The van der Waals surface area contributed by atoms with Crippen molar-refractivity contribution in [3.63, 3.8) is 0 Å². The van der Waals surface area contributed by atoms with Crippen LogP contribution in [0.3, 0.4) is 0 Å². The van der Waals surface area contributed by atoms with E-state index >= 15 is 0 Å². The summed E-state index contributed by atoms with van der Waals surface area (Å²) in [5.74, 6) is 0.448. The Morgan fingerprint density at radius 3 is 2.43 bits per heavy atom. The fourth-order valence-electron chi connectivity index (χ4n) is 2.36. The predicted octanol–water partition coefficient (Wildman–Crippen LogP) is 1.20. The molecule has 1 aromatic rings.